The molecule has 2 N–H and O–H groups in total. The van der Waals surface area contributed by atoms with Crippen LogP contribution in [0.15, 0.2) is 29.0 Å². The highest BCUT2D eigenvalue weighted by Gasteiger charge is 2.63. The monoisotopic (exact) mass is 482 g/mol. The van der Waals surface area contributed by atoms with Crippen LogP contribution in [0.1, 0.15) is 19.5 Å². The van der Waals surface area contributed by atoms with Gasteiger partial charge in [-0.05, 0) is 26.0 Å². The standard InChI is InChI=1S/C22H19ClN6O5/c1-9-8-29-16-12(6-22(18(29)10(2)33-9)19(30)26-21(32)27-20(22)31)25-15-14(11-4-3-5-24-7-11)28-34-17(15)13(16)23/h3-5,7,9-10,18H,6,8H2,1-2H3,(H2,26,27,30,31,32)/t9-,10+,18-/m1/s1. The van der Waals surface area contributed by atoms with E-state index in [0.29, 0.717) is 40.3 Å². The summed E-state index contributed by atoms with van der Waals surface area (Å²) in [6.45, 7) is 4.05. The Kier molecular flexibility index (Phi) is 4.45. The topological polar surface area (TPSA) is 140 Å². The molecule has 0 aromatic carbocycles. The maximum absolute atomic E-state index is 13.3. The molecule has 11 nitrogen and oxygen atoms in total. The Hall–Kier alpha value is -3.57. The van der Waals surface area contributed by atoms with E-state index < -0.39 is 35.4 Å². The smallest absolute Gasteiger partial charge is 0.328 e. The van der Waals surface area contributed by atoms with Crippen molar-refractivity contribution in [3.05, 3.63) is 35.2 Å². The lowest BCUT2D eigenvalue weighted by atomic mass is 9.67. The number of rotatable bonds is 1. The lowest BCUT2D eigenvalue weighted by Gasteiger charge is -2.55. The van der Waals surface area contributed by atoms with E-state index in [4.69, 9.17) is 25.8 Å². The Morgan fingerprint density at radius 1 is 1.21 bits per heavy atom. The number of anilines is 1. The number of hydrogen-bond donors (Lipinski definition) is 2. The quantitative estimate of drug-likeness (QED) is 0.497. The van der Waals surface area contributed by atoms with Crippen LogP contribution in [0.4, 0.5) is 10.5 Å². The molecule has 0 saturated carbocycles. The molecule has 3 aromatic heterocycles. The van der Waals surface area contributed by atoms with Crippen LogP contribution < -0.4 is 15.5 Å². The third kappa shape index (κ3) is 2.74. The molecule has 174 valence electrons. The summed E-state index contributed by atoms with van der Waals surface area (Å²) in [4.78, 5) is 49.3. The van der Waals surface area contributed by atoms with Gasteiger partial charge in [0.1, 0.15) is 16.2 Å². The van der Waals surface area contributed by atoms with Crippen LogP contribution >= 0.6 is 11.6 Å². The number of amides is 4. The number of barbiturate groups is 1. The van der Waals surface area contributed by atoms with Crippen molar-refractivity contribution in [1.82, 2.24) is 25.8 Å². The first-order valence-corrected chi connectivity index (χ1v) is 11.2. The van der Waals surface area contributed by atoms with Gasteiger partial charge in [-0.25, -0.2) is 9.78 Å². The fraction of sp³-hybridized carbons (Fsp3) is 0.364. The van der Waals surface area contributed by atoms with Crippen molar-refractivity contribution >= 4 is 46.2 Å². The minimum atomic E-state index is -1.64. The summed E-state index contributed by atoms with van der Waals surface area (Å²) in [6.07, 6.45) is 2.46. The number of ether oxygens (including phenoxy) is 1. The van der Waals surface area contributed by atoms with E-state index in [0.717, 1.165) is 0 Å². The predicted octanol–water partition coefficient (Wildman–Crippen LogP) is 1.83. The maximum Gasteiger partial charge on any atom is 0.328 e. The van der Waals surface area contributed by atoms with Crippen LogP contribution in [0.25, 0.3) is 22.4 Å². The van der Waals surface area contributed by atoms with Crippen molar-refractivity contribution in [3.63, 3.8) is 0 Å². The Balaban J connectivity index is 1.61. The van der Waals surface area contributed by atoms with E-state index in [1.54, 1.807) is 25.4 Å². The lowest BCUT2D eigenvalue weighted by molar-refractivity contribution is -0.153. The zero-order valence-corrected chi connectivity index (χ0v) is 18.9. The molecule has 3 aromatic rings. The van der Waals surface area contributed by atoms with Gasteiger partial charge in [-0.2, -0.15) is 0 Å². The van der Waals surface area contributed by atoms with Gasteiger partial charge in [0.05, 0.1) is 29.6 Å². The average Bonchev–Trinajstić information content (AvgIpc) is 3.21. The fourth-order valence-electron chi connectivity index (χ4n) is 5.45. The van der Waals surface area contributed by atoms with Gasteiger partial charge in [0.2, 0.25) is 17.4 Å². The molecule has 6 rings (SSSR count). The zero-order valence-electron chi connectivity index (χ0n) is 18.2. The van der Waals surface area contributed by atoms with Gasteiger partial charge in [-0.1, -0.05) is 16.8 Å². The first-order valence-electron chi connectivity index (χ1n) is 10.8. The number of hydrogen-bond acceptors (Lipinski definition) is 9. The molecule has 1 spiro atoms. The number of nitrogens with one attached hydrogen (secondary N) is 2. The second-order valence-corrected chi connectivity index (χ2v) is 9.18. The number of urea groups is 1. The van der Waals surface area contributed by atoms with Crippen molar-refractivity contribution in [3.8, 4) is 11.3 Å². The fourth-order valence-corrected chi connectivity index (χ4v) is 5.79. The molecule has 0 unspecified atom stereocenters. The molecular weight excluding hydrogens is 464 g/mol. The molecule has 34 heavy (non-hydrogen) atoms. The van der Waals surface area contributed by atoms with Gasteiger partial charge >= 0.3 is 6.03 Å². The van der Waals surface area contributed by atoms with Crippen LogP contribution in [0.3, 0.4) is 0 Å². The molecule has 0 radical (unpaired) electrons. The number of morpholine rings is 1. The largest absolute Gasteiger partial charge is 0.372 e. The Morgan fingerprint density at radius 3 is 2.68 bits per heavy atom. The lowest BCUT2D eigenvalue weighted by Crippen LogP contribution is -2.75. The van der Waals surface area contributed by atoms with E-state index in [1.165, 1.54) is 0 Å². The summed E-state index contributed by atoms with van der Waals surface area (Å²) in [5.41, 5.74) is 1.18. The van der Waals surface area contributed by atoms with E-state index in [1.807, 2.05) is 17.9 Å². The second kappa shape index (κ2) is 7.21. The predicted molar refractivity (Wildman–Crippen MR) is 119 cm³/mol. The molecule has 0 bridgehead atoms. The van der Waals surface area contributed by atoms with Gasteiger partial charge in [0.15, 0.2) is 5.41 Å². The van der Waals surface area contributed by atoms with Crippen LogP contribution in [0.5, 0.6) is 0 Å². The summed E-state index contributed by atoms with van der Waals surface area (Å²) in [6, 6.07) is 2.01. The van der Waals surface area contributed by atoms with Crippen LogP contribution in [0, 0.1) is 5.41 Å². The molecule has 2 saturated heterocycles. The molecule has 3 aliphatic rings. The van der Waals surface area contributed by atoms with Crippen LogP contribution in [-0.4, -0.2) is 57.8 Å². The highest BCUT2D eigenvalue weighted by Crippen LogP contribution is 2.50. The summed E-state index contributed by atoms with van der Waals surface area (Å²) >= 11 is 6.87. The first kappa shape index (κ1) is 21.0. The van der Waals surface area contributed by atoms with E-state index in [2.05, 4.69) is 20.8 Å². The Bertz CT molecular complexity index is 1360. The molecule has 6 heterocycles. The third-order valence-electron chi connectivity index (χ3n) is 6.71. The SMILES string of the molecule is C[C@@H]1CN2c3c(nc4c(-c5cccnc5)noc4c3Cl)CC3(C(=O)NC(=O)NC3=O)[C@H]2[C@H](C)O1. The number of halogens is 1. The molecule has 2 fully saturated rings. The molecule has 0 aliphatic carbocycles. The molecule has 4 amide bonds. The summed E-state index contributed by atoms with van der Waals surface area (Å²) in [5.74, 6) is -1.38. The number of imide groups is 2. The van der Waals surface area contributed by atoms with E-state index >= 15 is 0 Å². The van der Waals surface area contributed by atoms with Crippen molar-refractivity contribution in [2.24, 2.45) is 5.41 Å². The maximum atomic E-state index is 13.3. The Morgan fingerprint density at radius 2 is 1.97 bits per heavy atom. The van der Waals surface area contributed by atoms with Crippen LogP contribution in [-0.2, 0) is 20.7 Å². The molecule has 3 aliphatic heterocycles. The molecule has 12 heteroatoms. The van der Waals surface area contributed by atoms with E-state index in [9.17, 15) is 14.4 Å². The van der Waals surface area contributed by atoms with Gasteiger partial charge in [-0.15, -0.1) is 0 Å². The summed E-state index contributed by atoms with van der Waals surface area (Å²) < 4.78 is 11.6. The van der Waals surface area contributed by atoms with E-state index in [-0.39, 0.29) is 17.5 Å². The minimum absolute atomic E-state index is 0.0795. The number of aromatic nitrogens is 3. The number of pyridine rings is 2. The van der Waals surface area contributed by atoms with Gasteiger partial charge < -0.3 is 14.2 Å². The summed E-state index contributed by atoms with van der Waals surface area (Å²) in [5, 5.41) is 8.97. The number of carbonyl (C=O) groups excluding carboxylic acids is 3. The zero-order chi connectivity index (χ0) is 23.8. The van der Waals surface area contributed by atoms with Crippen LogP contribution in [0.2, 0.25) is 5.02 Å². The normalized spacial score (nSPS) is 25.7. The number of fused-ring (bicyclic) bond motifs is 5. The first-order chi connectivity index (χ1) is 16.3. The molecule has 3 atom stereocenters. The van der Waals surface area contributed by atoms with Crippen molar-refractivity contribution < 1.29 is 23.6 Å². The Labute approximate surface area is 197 Å². The van der Waals surface area contributed by atoms with Gasteiger partial charge in [0.25, 0.3) is 0 Å². The number of nitrogens with zero attached hydrogens (tertiary/aromatic N) is 4. The average molecular weight is 483 g/mol. The van der Waals surface area contributed by atoms with Crippen molar-refractivity contribution in [2.45, 2.75) is 38.5 Å². The second-order valence-electron chi connectivity index (χ2n) is 8.81. The number of carbonyl (C=O) groups is 3. The third-order valence-corrected chi connectivity index (χ3v) is 7.06. The van der Waals surface area contributed by atoms with Crippen molar-refractivity contribution in [2.75, 3.05) is 11.4 Å². The van der Waals surface area contributed by atoms with Crippen molar-refractivity contribution in [1.29, 1.82) is 0 Å². The van der Waals surface area contributed by atoms with Gasteiger partial charge in [-0.3, -0.25) is 25.2 Å². The molecular formula is C22H19ClN6O5. The highest BCUT2D eigenvalue weighted by atomic mass is 35.5. The highest BCUT2D eigenvalue weighted by molar-refractivity contribution is 6.38. The minimum Gasteiger partial charge on any atom is -0.372 e. The summed E-state index contributed by atoms with van der Waals surface area (Å²) in [7, 11) is 0. The van der Waals surface area contributed by atoms with Gasteiger partial charge in [0, 0.05) is 30.9 Å².